The van der Waals surface area contributed by atoms with Crippen LogP contribution >= 0.6 is 0 Å². The lowest BCUT2D eigenvalue weighted by molar-refractivity contribution is -0.141. The summed E-state index contributed by atoms with van der Waals surface area (Å²) in [6, 6.07) is 0.671. The van der Waals surface area contributed by atoms with E-state index in [1.165, 1.54) is 25.7 Å². The van der Waals surface area contributed by atoms with E-state index >= 15 is 0 Å². The van der Waals surface area contributed by atoms with Crippen LogP contribution in [0.25, 0.3) is 0 Å². The zero-order chi connectivity index (χ0) is 14.7. The molecule has 1 amide bonds. The minimum atomic E-state index is 0.0255. The monoisotopic (exact) mass is 295 g/mol. The van der Waals surface area contributed by atoms with Crippen molar-refractivity contribution in [1.29, 1.82) is 0 Å². The van der Waals surface area contributed by atoms with Crippen molar-refractivity contribution >= 4 is 5.91 Å². The number of carbonyl (C=O) groups excluding carboxylic acids is 1. The Morgan fingerprint density at radius 3 is 2.71 bits per heavy atom. The van der Waals surface area contributed by atoms with Gasteiger partial charge in [0.1, 0.15) is 0 Å². The maximum Gasteiger partial charge on any atom is 0.239 e. The van der Waals surface area contributed by atoms with E-state index in [9.17, 15) is 4.79 Å². The summed E-state index contributed by atoms with van der Waals surface area (Å²) >= 11 is 0. The average molecular weight is 295 g/mol. The highest BCUT2D eigenvalue weighted by Crippen LogP contribution is 2.30. The maximum absolute atomic E-state index is 12.7. The van der Waals surface area contributed by atoms with Gasteiger partial charge in [-0.05, 0) is 51.6 Å². The molecule has 5 nitrogen and oxygen atoms in total. The first-order chi connectivity index (χ1) is 10.3. The van der Waals surface area contributed by atoms with Crippen molar-refractivity contribution in [2.75, 3.05) is 45.9 Å². The molecule has 0 bridgehead atoms. The molecule has 2 unspecified atom stereocenters. The minimum Gasteiger partial charge on any atom is -0.378 e. The van der Waals surface area contributed by atoms with Crippen molar-refractivity contribution in [2.24, 2.45) is 5.92 Å². The van der Waals surface area contributed by atoms with Gasteiger partial charge in [0.05, 0.1) is 19.3 Å². The molecule has 0 radical (unpaired) electrons. The summed E-state index contributed by atoms with van der Waals surface area (Å²) in [7, 11) is 0. The summed E-state index contributed by atoms with van der Waals surface area (Å²) in [5, 5.41) is 3.49. The zero-order valence-electron chi connectivity index (χ0n) is 13.2. The topological polar surface area (TPSA) is 44.8 Å². The second-order valence-corrected chi connectivity index (χ2v) is 6.75. The third kappa shape index (κ3) is 3.96. The first-order valence-electron chi connectivity index (χ1n) is 8.58. The quantitative estimate of drug-likeness (QED) is 0.811. The number of amides is 1. The highest BCUT2D eigenvalue weighted by Gasteiger charge is 2.37. The fourth-order valence-corrected chi connectivity index (χ4v) is 3.60. The molecule has 5 heteroatoms. The number of nitrogens with one attached hydrogen (secondary N) is 1. The van der Waals surface area contributed by atoms with E-state index < -0.39 is 0 Å². The molecular weight excluding hydrogens is 266 g/mol. The van der Waals surface area contributed by atoms with Crippen LogP contribution in [0.5, 0.6) is 0 Å². The van der Waals surface area contributed by atoms with Gasteiger partial charge in [-0.3, -0.25) is 9.69 Å². The van der Waals surface area contributed by atoms with E-state index in [1.54, 1.807) is 0 Å². The molecule has 1 N–H and O–H groups in total. The van der Waals surface area contributed by atoms with Crippen LogP contribution in [-0.4, -0.2) is 73.7 Å². The lowest BCUT2D eigenvalue weighted by Gasteiger charge is -2.37. The molecule has 2 heterocycles. The Morgan fingerprint density at radius 1 is 1.33 bits per heavy atom. The summed E-state index contributed by atoms with van der Waals surface area (Å²) in [5.74, 6) is 1.01. The molecule has 2 saturated heterocycles. The molecule has 0 aromatic rings. The van der Waals surface area contributed by atoms with E-state index in [0.717, 1.165) is 32.7 Å². The van der Waals surface area contributed by atoms with E-state index in [0.29, 0.717) is 31.1 Å². The van der Waals surface area contributed by atoms with Crippen LogP contribution in [0, 0.1) is 5.92 Å². The van der Waals surface area contributed by atoms with Crippen LogP contribution in [0.3, 0.4) is 0 Å². The second-order valence-electron chi connectivity index (χ2n) is 6.75. The van der Waals surface area contributed by atoms with Crippen LogP contribution in [0.1, 0.15) is 32.6 Å². The summed E-state index contributed by atoms with van der Waals surface area (Å²) in [4.78, 5) is 17.2. The summed E-state index contributed by atoms with van der Waals surface area (Å²) in [6.07, 6.45) is 5.10. The largest absolute Gasteiger partial charge is 0.378 e. The Balaban J connectivity index is 1.58. The fraction of sp³-hybridized carbons (Fsp3) is 0.938. The average Bonchev–Trinajstić information content (AvgIpc) is 3.38. The highest BCUT2D eigenvalue weighted by molar-refractivity contribution is 5.81. The number of carbonyl (C=O) groups is 1. The third-order valence-corrected chi connectivity index (χ3v) is 5.06. The van der Waals surface area contributed by atoms with Crippen LogP contribution in [0.2, 0.25) is 0 Å². The van der Waals surface area contributed by atoms with E-state index in [2.05, 4.69) is 17.1 Å². The van der Waals surface area contributed by atoms with Crippen LogP contribution in [0.15, 0.2) is 0 Å². The third-order valence-electron chi connectivity index (χ3n) is 5.06. The Kier molecular flexibility index (Phi) is 5.14. The molecule has 3 aliphatic rings. The lowest BCUT2D eigenvalue weighted by atomic mass is 9.98. The van der Waals surface area contributed by atoms with Crippen LogP contribution in [-0.2, 0) is 9.53 Å². The second kappa shape index (κ2) is 7.07. The van der Waals surface area contributed by atoms with Crippen molar-refractivity contribution in [2.45, 2.75) is 44.7 Å². The first kappa shape index (κ1) is 15.3. The number of morpholine rings is 1. The molecule has 1 aliphatic carbocycles. The molecule has 2 atom stereocenters. The van der Waals surface area contributed by atoms with Crippen molar-refractivity contribution in [1.82, 2.24) is 15.1 Å². The number of ether oxygens (including phenoxy) is 1. The lowest BCUT2D eigenvalue weighted by Crippen LogP contribution is -2.53. The van der Waals surface area contributed by atoms with Gasteiger partial charge in [-0.15, -0.1) is 0 Å². The van der Waals surface area contributed by atoms with Crippen LogP contribution in [0.4, 0.5) is 0 Å². The number of hydrogen-bond acceptors (Lipinski definition) is 4. The van der Waals surface area contributed by atoms with Crippen molar-refractivity contribution in [3.05, 3.63) is 0 Å². The van der Waals surface area contributed by atoms with Gasteiger partial charge in [0.15, 0.2) is 0 Å². The normalized spacial score (nSPS) is 28.7. The van der Waals surface area contributed by atoms with Crippen LogP contribution < -0.4 is 5.32 Å². The Bertz CT molecular complexity index is 347. The summed E-state index contributed by atoms with van der Waals surface area (Å²) in [6.45, 7) is 8.34. The van der Waals surface area contributed by atoms with Gasteiger partial charge in [0.25, 0.3) is 0 Å². The smallest absolute Gasteiger partial charge is 0.239 e. The highest BCUT2D eigenvalue weighted by atomic mass is 16.5. The molecule has 120 valence electrons. The molecule has 0 spiro atoms. The fourth-order valence-electron chi connectivity index (χ4n) is 3.60. The molecule has 0 aromatic carbocycles. The van der Waals surface area contributed by atoms with Crippen molar-refractivity contribution in [3.8, 4) is 0 Å². The predicted molar refractivity (Wildman–Crippen MR) is 82.2 cm³/mol. The van der Waals surface area contributed by atoms with Gasteiger partial charge < -0.3 is 15.0 Å². The molecule has 0 aromatic heterocycles. The molecule has 3 rings (SSSR count). The van der Waals surface area contributed by atoms with E-state index in [1.807, 2.05) is 4.90 Å². The number of rotatable bonds is 5. The Morgan fingerprint density at radius 2 is 2.10 bits per heavy atom. The Labute approximate surface area is 128 Å². The van der Waals surface area contributed by atoms with Gasteiger partial charge in [-0.2, -0.15) is 0 Å². The van der Waals surface area contributed by atoms with E-state index in [-0.39, 0.29) is 6.04 Å². The van der Waals surface area contributed by atoms with Gasteiger partial charge in [0.2, 0.25) is 5.91 Å². The molecular formula is C16H29N3O2. The summed E-state index contributed by atoms with van der Waals surface area (Å²) in [5.41, 5.74) is 0. The maximum atomic E-state index is 12.7. The molecule has 3 fully saturated rings. The number of piperidine rings is 1. The minimum absolute atomic E-state index is 0.0255. The van der Waals surface area contributed by atoms with Gasteiger partial charge in [0, 0.05) is 25.7 Å². The van der Waals surface area contributed by atoms with Crippen molar-refractivity contribution < 1.29 is 9.53 Å². The zero-order valence-corrected chi connectivity index (χ0v) is 13.2. The van der Waals surface area contributed by atoms with Gasteiger partial charge >= 0.3 is 0 Å². The molecule has 1 saturated carbocycles. The number of nitrogens with zero attached hydrogens (tertiary/aromatic N) is 2. The first-order valence-corrected chi connectivity index (χ1v) is 8.58. The van der Waals surface area contributed by atoms with Gasteiger partial charge in [-0.1, -0.05) is 0 Å². The summed E-state index contributed by atoms with van der Waals surface area (Å²) < 4.78 is 5.36. The predicted octanol–water partition coefficient (Wildman–Crippen LogP) is 0.698. The standard InChI is InChI=1S/C16H29N3O2/c1-13(16(20)18-7-9-21-10-8-18)19(15-4-5-15)12-14-3-2-6-17-11-14/h13-15,17H,2-12H2,1H3. The SMILES string of the molecule is CC(C(=O)N1CCOCC1)N(CC1CCCNC1)C1CC1. The van der Waals surface area contributed by atoms with Crippen molar-refractivity contribution in [3.63, 3.8) is 0 Å². The number of hydrogen-bond donors (Lipinski definition) is 1. The molecule has 2 aliphatic heterocycles. The van der Waals surface area contributed by atoms with Gasteiger partial charge in [-0.25, -0.2) is 0 Å². The molecule has 21 heavy (non-hydrogen) atoms. The van der Waals surface area contributed by atoms with E-state index in [4.69, 9.17) is 4.74 Å². The Hall–Kier alpha value is -0.650.